The van der Waals surface area contributed by atoms with Gasteiger partial charge in [-0.2, -0.15) is 0 Å². The Bertz CT molecular complexity index is 775. The number of thioether (sulfide) groups is 1. The van der Waals surface area contributed by atoms with E-state index < -0.39 is 34.3 Å². The first-order valence-corrected chi connectivity index (χ1v) is 8.01. The molecule has 0 aliphatic carbocycles. The first kappa shape index (κ1) is 18.3. The van der Waals surface area contributed by atoms with Gasteiger partial charge in [0, 0.05) is 11.4 Å². The molecule has 8 heteroatoms. The van der Waals surface area contributed by atoms with E-state index in [0.29, 0.717) is 5.16 Å². The second-order valence-electron chi connectivity index (χ2n) is 5.27. The Labute approximate surface area is 141 Å². The zero-order chi connectivity index (χ0) is 18.0. The molecule has 0 radical (unpaired) electrons. The molecule has 1 atom stereocenters. The van der Waals surface area contributed by atoms with Gasteiger partial charge in [0.2, 0.25) is 5.91 Å². The lowest BCUT2D eigenvalue weighted by atomic mass is 10.2. The summed E-state index contributed by atoms with van der Waals surface area (Å²) < 4.78 is 39.7. The number of hydrogen-bond acceptors (Lipinski definition) is 4. The van der Waals surface area contributed by atoms with Crippen LogP contribution < -0.4 is 5.32 Å². The van der Waals surface area contributed by atoms with Gasteiger partial charge in [-0.1, -0.05) is 11.8 Å². The van der Waals surface area contributed by atoms with Gasteiger partial charge in [0.05, 0.1) is 10.9 Å². The number of carbonyl (C=O) groups excluding carboxylic acids is 1. The Morgan fingerprint density at radius 3 is 2.25 bits per heavy atom. The normalized spacial score (nSPS) is 12.1. The van der Waals surface area contributed by atoms with E-state index in [9.17, 15) is 18.0 Å². The number of nitrogens with one attached hydrogen (secondary N) is 1. The predicted octanol–water partition coefficient (Wildman–Crippen LogP) is 3.94. The second-order valence-corrected chi connectivity index (χ2v) is 6.58. The molecule has 1 heterocycles. The van der Waals surface area contributed by atoms with Gasteiger partial charge in [0.15, 0.2) is 22.6 Å². The quantitative estimate of drug-likeness (QED) is 0.513. The van der Waals surface area contributed by atoms with Crippen molar-refractivity contribution < 1.29 is 18.0 Å². The first-order chi connectivity index (χ1) is 11.2. The third-order valence-corrected chi connectivity index (χ3v) is 4.52. The van der Waals surface area contributed by atoms with Crippen LogP contribution in [0.1, 0.15) is 23.9 Å². The molecule has 0 unspecified atom stereocenters. The lowest BCUT2D eigenvalue weighted by Crippen LogP contribution is -2.23. The largest absolute Gasteiger partial charge is 0.323 e. The summed E-state index contributed by atoms with van der Waals surface area (Å²) in [6.45, 7) is 7.18. The molecule has 1 aromatic heterocycles. The number of nitrogens with zero attached hydrogens (tertiary/aromatic N) is 2. The van der Waals surface area contributed by atoms with Crippen LogP contribution in [0.25, 0.3) is 0 Å². The average molecular weight is 355 g/mol. The number of anilines is 1. The van der Waals surface area contributed by atoms with Gasteiger partial charge in [-0.15, -0.1) is 0 Å². The zero-order valence-electron chi connectivity index (χ0n) is 13.6. The summed E-state index contributed by atoms with van der Waals surface area (Å²) in [5, 5.41) is 2.01. The van der Waals surface area contributed by atoms with E-state index in [-0.39, 0.29) is 0 Å². The number of amides is 1. The average Bonchev–Trinajstić information content (AvgIpc) is 2.53. The molecule has 0 saturated heterocycles. The zero-order valence-corrected chi connectivity index (χ0v) is 14.4. The van der Waals surface area contributed by atoms with E-state index >= 15 is 0 Å². The highest BCUT2D eigenvalue weighted by Gasteiger charge is 2.20. The molecule has 0 spiro atoms. The molecule has 0 aliphatic rings. The number of aryl methyl sites for hydroxylation is 2. The van der Waals surface area contributed by atoms with Crippen LogP contribution in [-0.2, 0) is 4.79 Å². The molecule has 128 valence electrons. The molecule has 0 fully saturated rings. The fourth-order valence-corrected chi connectivity index (χ4v) is 2.72. The van der Waals surface area contributed by atoms with Crippen LogP contribution in [0, 0.1) is 38.2 Å². The lowest BCUT2D eigenvalue weighted by molar-refractivity contribution is -0.115. The summed E-state index contributed by atoms with van der Waals surface area (Å²) in [5.74, 6) is -4.93. The van der Waals surface area contributed by atoms with Crippen LogP contribution in [0.15, 0.2) is 17.3 Å². The molecule has 0 aliphatic heterocycles. The van der Waals surface area contributed by atoms with Crippen molar-refractivity contribution in [2.75, 3.05) is 5.32 Å². The minimum absolute atomic E-state index is 0.413. The minimum atomic E-state index is -1.62. The maximum absolute atomic E-state index is 13.6. The molecular weight excluding hydrogens is 339 g/mol. The molecular formula is C16H16F3N3OS. The Morgan fingerprint density at radius 1 is 1.08 bits per heavy atom. The Kier molecular flexibility index (Phi) is 5.48. The summed E-state index contributed by atoms with van der Waals surface area (Å²) in [6, 6.07) is 1.72. The Hall–Kier alpha value is -2.09. The predicted molar refractivity (Wildman–Crippen MR) is 86.5 cm³/mol. The fourth-order valence-electron chi connectivity index (χ4n) is 1.86. The van der Waals surface area contributed by atoms with Crippen molar-refractivity contribution in [1.82, 2.24) is 9.97 Å². The third-order valence-electron chi connectivity index (χ3n) is 3.56. The van der Waals surface area contributed by atoms with Gasteiger partial charge in [0.25, 0.3) is 0 Å². The highest BCUT2D eigenvalue weighted by molar-refractivity contribution is 8.00. The molecule has 4 nitrogen and oxygen atoms in total. The summed E-state index contributed by atoms with van der Waals surface area (Å²) >= 11 is 1.10. The van der Waals surface area contributed by atoms with Crippen molar-refractivity contribution in [2.24, 2.45) is 0 Å². The van der Waals surface area contributed by atoms with E-state index in [4.69, 9.17) is 0 Å². The van der Waals surface area contributed by atoms with Crippen LogP contribution in [0.4, 0.5) is 18.9 Å². The first-order valence-electron chi connectivity index (χ1n) is 7.13. The van der Waals surface area contributed by atoms with E-state index in [2.05, 4.69) is 15.3 Å². The van der Waals surface area contributed by atoms with Gasteiger partial charge in [-0.25, -0.2) is 23.1 Å². The van der Waals surface area contributed by atoms with Crippen LogP contribution in [0.2, 0.25) is 0 Å². The second kappa shape index (κ2) is 7.21. The summed E-state index contributed by atoms with van der Waals surface area (Å²) in [5.41, 5.74) is 2.18. The third kappa shape index (κ3) is 3.87. The number of carbonyl (C=O) groups is 1. The minimum Gasteiger partial charge on any atom is -0.323 e. The Morgan fingerprint density at radius 2 is 1.67 bits per heavy atom. The Balaban J connectivity index is 2.12. The topological polar surface area (TPSA) is 54.9 Å². The number of benzene rings is 1. The summed E-state index contributed by atoms with van der Waals surface area (Å²) in [4.78, 5) is 20.7. The van der Waals surface area contributed by atoms with Crippen molar-refractivity contribution in [3.8, 4) is 0 Å². The van der Waals surface area contributed by atoms with Gasteiger partial charge >= 0.3 is 0 Å². The van der Waals surface area contributed by atoms with E-state index in [1.54, 1.807) is 6.92 Å². The highest BCUT2D eigenvalue weighted by atomic mass is 32.2. The SMILES string of the molecule is Cc1nc(S[C@H](C)C(=O)Nc2ccc(F)c(F)c2F)nc(C)c1C. The molecule has 0 saturated carbocycles. The maximum Gasteiger partial charge on any atom is 0.237 e. The maximum atomic E-state index is 13.6. The van der Waals surface area contributed by atoms with Crippen LogP contribution >= 0.6 is 11.8 Å². The van der Waals surface area contributed by atoms with Crippen molar-refractivity contribution in [2.45, 2.75) is 38.1 Å². The van der Waals surface area contributed by atoms with Crippen LogP contribution in [-0.4, -0.2) is 21.1 Å². The molecule has 1 amide bonds. The number of rotatable bonds is 4. The van der Waals surface area contributed by atoms with Crippen molar-refractivity contribution in [3.05, 3.63) is 46.5 Å². The number of hydrogen-bond donors (Lipinski definition) is 1. The van der Waals surface area contributed by atoms with Gasteiger partial charge in [0.1, 0.15) is 0 Å². The van der Waals surface area contributed by atoms with Gasteiger partial charge in [-0.05, 0) is 45.4 Å². The van der Waals surface area contributed by atoms with Crippen molar-refractivity contribution in [1.29, 1.82) is 0 Å². The summed E-state index contributed by atoms with van der Waals surface area (Å²) in [7, 11) is 0. The van der Waals surface area contributed by atoms with E-state index in [0.717, 1.165) is 40.8 Å². The monoisotopic (exact) mass is 355 g/mol. The molecule has 24 heavy (non-hydrogen) atoms. The van der Waals surface area contributed by atoms with Gasteiger partial charge < -0.3 is 5.32 Å². The van der Waals surface area contributed by atoms with Crippen molar-refractivity contribution in [3.63, 3.8) is 0 Å². The van der Waals surface area contributed by atoms with Crippen LogP contribution in [0.3, 0.4) is 0 Å². The number of halogens is 3. The van der Waals surface area contributed by atoms with Gasteiger partial charge in [-0.3, -0.25) is 4.79 Å². The van der Waals surface area contributed by atoms with Crippen LogP contribution in [0.5, 0.6) is 0 Å². The van der Waals surface area contributed by atoms with E-state index in [1.165, 1.54) is 0 Å². The fraction of sp³-hybridized carbons (Fsp3) is 0.312. The molecule has 1 aromatic carbocycles. The van der Waals surface area contributed by atoms with Crippen molar-refractivity contribution >= 4 is 23.4 Å². The molecule has 2 aromatic rings. The lowest BCUT2D eigenvalue weighted by Gasteiger charge is -2.13. The molecule has 1 N–H and O–H groups in total. The summed E-state index contributed by atoms with van der Waals surface area (Å²) in [6.07, 6.45) is 0. The number of aromatic nitrogens is 2. The smallest absolute Gasteiger partial charge is 0.237 e. The van der Waals surface area contributed by atoms with E-state index in [1.807, 2.05) is 20.8 Å². The standard InChI is InChI=1S/C16H16F3N3OS/c1-7-8(2)20-16(21-9(7)3)24-10(4)15(23)22-12-6-5-11(17)13(18)14(12)19/h5-6,10H,1-4H3,(H,22,23)/t10-/m1/s1. The molecule has 0 bridgehead atoms. The molecule has 2 rings (SSSR count). The highest BCUT2D eigenvalue weighted by Crippen LogP contribution is 2.24.